The fourth-order valence-electron chi connectivity index (χ4n) is 3.54. The maximum Gasteiger partial charge on any atom is 0.0468 e. The van der Waals surface area contributed by atoms with Crippen LogP contribution in [0.15, 0.2) is 0 Å². The summed E-state index contributed by atoms with van der Waals surface area (Å²) < 4.78 is 5.41. The van der Waals surface area contributed by atoms with E-state index in [2.05, 4.69) is 15.9 Å². The van der Waals surface area contributed by atoms with Crippen molar-refractivity contribution >= 4 is 15.9 Å². The Morgan fingerprint density at radius 2 is 1.67 bits per heavy atom. The van der Waals surface area contributed by atoms with Gasteiger partial charge < -0.3 is 4.74 Å². The monoisotopic (exact) mass is 316 g/mol. The van der Waals surface area contributed by atoms with Crippen molar-refractivity contribution in [1.29, 1.82) is 0 Å². The molecule has 0 radical (unpaired) electrons. The van der Waals surface area contributed by atoms with E-state index >= 15 is 0 Å². The minimum absolute atomic E-state index is 0.808. The third kappa shape index (κ3) is 5.21. The fraction of sp³-hybridized carbons (Fsp3) is 1.00. The molecule has 0 spiro atoms. The summed E-state index contributed by atoms with van der Waals surface area (Å²) in [5.41, 5.74) is 0. The average molecular weight is 317 g/mol. The second kappa shape index (κ2) is 8.58. The molecule has 0 amide bonds. The zero-order chi connectivity index (χ0) is 12.6. The van der Waals surface area contributed by atoms with Crippen LogP contribution in [0.2, 0.25) is 0 Å². The van der Waals surface area contributed by atoms with Crippen molar-refractivity contribution in [2.75, 3.05) is 13.2 Å². The summed E-state index contributed by atoms with van der Waals surface area (Å²) in [6.45, 7) is 2.02. The zero-order valence-electron chi connectivity index (χ0n) is 11.7. The van der Waals surface area contributed by atoms with Crippen LogP contribution in [-0.2, 0) is 4.74 Å². The maximum atomic E-state index is 5.41. The summed E-state index contributed by atoms with van der Waals surface area (Å²) in [4.78, 5) is 0.808. The Morgan fingerprint density at radius 1 is 0.944 bits per heavy atom. The Morgan fingerprint density at radius 3 is 2.39 bits per heavy atom. The molecular formula is C16H29BrO. The van der Waals surface area contributed by atoms with Gasteiger partial charge >= 0.3 is 0 Å². The molecule has 0 aromatic carbocycles. The summed E-state index contributed by atoms with van der Waals surface area (Å²) in [5.74, 6) is 1.95. The molecule has 2 fully saturated rings. The number of alkyl halides is 1. The molecule has 1 saturated heterocycles. The fourth-order valence-corrected chi connectivity index (χ4v) is 4.39. The molecule has 0 bridgehead atoms. The van der Waals surface area contributed by atoms with Crippen LogP contribution in [0.5, 0.6) is 0 Å². The number of unbranched alkanes of at least 4 members (excludes halogenated alkanes) is 2. The Bertz CT molecular complexity index is 207. The van der Waals surface area contributed by atoms with E-state index in [1.165, 1.54) is 70.6 Å². The van der Waals surface area contributed by atoms with Crippen LogP contribution in [0.4, 0.5) is 0 Å². The summed E-state index contributed by atoms with van der Waals surface area (Å²) in [6.07, 6.45) is 15.6. The molecule has 0 aromatic heterocycles. The van der Waals surface area contributed by atoms with Gasteiger partial charge in [0.05, 0.1) is 0 Å². The van der Waals surface area contributed by atoms with Crippen LogP contribution >= 0.6 is 15.9 Å². The highest BCUT2D eigenvalue weighted by atomic mass is 79.9. The number of halogens is 1. The number of hydrogen-bond donors (Lipinski definition) is 0. The summed E-state index contributed by atoms with van der Waals surface area (Å²) in [7, 11) is 0. The molecule has 1 nitrogen and oxygen atoms in total. The largest absolute Gasteiger partial charge is 0.381 e. The van der Waals surface area contributed by atoms with Crippen molar-refractivity contribution < 1.29 is 4.74 Å². The SMILES string of the molecule is BrC(CCCCCC1CCOCC1)C1CCCC1. The topological polar surface area (TPSA) is 9.23 Å². The van der Waals surface area contributed by atoms with Gasteiger partial charge in [0.2, 0.25) is 0 Å². The minimum Gasteiger partial charge on any atom is -0.381 e. The highest BCUT2D eigenvalue weighted by molar-refractivity contribution is 9.09. The molecule has 1 unspecified atom stereocenters. The molecule has 2 aliphatic rings. The van der Waals surface area contributed by atoms with Crippen molar-refractivity contribution in [1.82, 2.24) is 0 Å². The normalized spacial score (nSPS) is 24.5. The smallest absolute Gasteiger partial charge is 0.0468 e. The molecular weight excluding hydrogens is 288 g/mol. The molecule has 1 aliphatic heterocycles. The molecule has 18 heavy (non-hydrogen) atoms. The predicted molar refractivity (Wildman–Crippen MR) is 81.3 cm³/mol. The summed E-state index contributed by atoms with van der Waals surface area (Å²) in [6, 6.07) is 0. The molecule has 2 heteroatoms. The highest BCUT2D eigenvalue weighted by Gasteiger charge is 2.22. The third-order valence-corrected chi connectivity index (χ3v) is 6.05. The highest BCUT2D eigenvalue weighted by Crippen LogP contribution is 2.34. The second-order valence-electron chi connectivity index (χ2n) is 6.25. The van der Waals surface area contributed by atoms with E-state index in [1.54, 1.807) is 0 Å². The predicted octanol–water partition coefficient (Wildman–Crippen LogP) is 5.32. The van der Waals surface area contributed by atoms with Gasteiger partial charge in [-0.15, -0.1) is 0 Å². The van der Waals surface area contributed by atoms with E-state index in [0.717, 1.165) is 29.9 Å². The summed E-state index contributed by atoms with van der Waals surface area (Å²) in [5, 5.41) is 0. The first kappa shape index (κ1) is 14.8. The Hall–Kier alpha value is 0.440. The van der Waals surface area contributed by atoms with Crippen molar-refractivity contribution in [3.05, 3.63) is 0 Å². The standard InChI is InChI=1S/C16H29BrO/c17-16(15-7-4-5-8-15)9-3-1-2-6-14-10-12-18-13-11-14/h14-16H,1-13H2. The van der Waals surface area contributed by atoms with Crippen LogP contribution in [0.1, 0.15) is 70.6 Å². The molecule has 1 heterocycles. The number of ether oxygens (including phenoxy) is 1. The van der Waals surface area contributed by atoms with Crippen molar-refractivity contribution in [2.24, 2.45) is 11.8 Å². The number of hydrogen-bond acceptors (Lipinski definition) is 1. The van der Waals surface area contributed by atoms with Crippen LogP contribution in [0, 0.1) is 11.8 Å². The first-order valence-electron chi connectivity index (χ1n) is 8.08. The molecule has 1 saturated carbocycles. The van der Waals surface area contributed by atoms with Crippen LogP contribution in [-0.4, -0.2) is 18.0 Å². The molecule has 0 aromatic rings. The van der Waals surface area contributed by atoms with E-state index in [0.29, 0.717) is 0 Å². The van der Waals surface area contributed by atoms with Gasteiger partial charge in [-0.25, -0.2) is 0 Å². The summed E-state index contributed by atoms with van der Waals surface area (Å²) >= 11 is 3.92. The lowest BCUT2D eigenvalue weighted by Gasteiger charge is -2.22. The van der Waals surface area contributed by atoms with Crippen LogP contribution in [0.3, 0.4) is 0 Å². The molecule has 1 atom stereocenters. The number of rotatable bonds is 7. The first-order valence-corrected chi connectivity index (χ1v) is 8.99. The quantitative estimate of drug-likeness (QED) is 0.456. The lowest BCUT2D eigenvalue weighted by molar-refractivity contribution is 0.0631. The van der Waals surface area contributed by atoms with Gasteiger partial charge in [0.15, 0.2) is 0 Å². The van der Waals surface area contributed by atoms with E-state index in [9.17, 15) is 0 Å². The first-order chi connectivity index (χ1) is 8.86. The van der Waals surface area contributed by atoms with Gasteiger partial charge in [-0.1, -0.05) is 54.5 Å². The average Bonchev–Trinajstić information content (AvgIpc) is 2.93. The van der Waals surface area contributed by atoms with Crippen molar-refractivity contribution in [2.45, 2.75) is 75.5 Å². The van der Waals surface area contributed by atoms with Crippen molar-refractivity contribution in [3.8, 4) is 0 Å². The second-order valence-corrected chi connectivity index (χ2v) is 7.43. The van der Waals surface area contributed by atoms with Gasteiger partial charge in [0.1, 0.15) is 0 Å². The molecule has 1 aliphatic carbocycles. The lowest BCUT2D eigenvalue weighted by Crippen LogP contribution is -2.15. The molecule has 2 rings (SSSR count). The van der Waals surface area contributed by atoms with E-state index in [1.807, 2.05) is 0 Å². The third-order valence-electron chi connectivity index (χ3n) is 4.84. The van der Waals surface area contributed by atoms with E-state index in [4.69, 9.17) is 4.74 Å². The Labute approximate surface area is 121 Å². The Balaban J connectivity index is 1.45. The van der Waals surface area contributed by atoms with Crippen LogP contribution < -0.4 is 0 Å². The van der Waals surface area contributed by atoms with Crippen molar-refractivity contribution in [3.63, 3.8) is 0 Å². The minimum atomic E-state index is 0.808. The van der Waals surface area contributed by atoms with Gasteiger partial charge in [-0.2, -0.15) is 0 Å². The van der Waals surface area contributed by atoms with Crippen LogP contribution in [0.25, 0.3) is 0 Å². The van der Waals surface area contributed by atoms with Gasteiger partial charge in [-0.05, 0) is 43.9 Å². The van der Waals surface area contributed by atoms with E-state index in [-0.39, 0.29) is 0 Å². The molecule has 0 N–H and O–H groups in total. The van der Waals surface area contributed by atoms with E-state index < -0.39 is 0 Å². The zero-order valence-corrected chi connectivity index (χ0v) is 13.3. The lowest BCUT2D eigenvalue weighted by atomic mass is 9.93. The van der Waals surface area contributed by atoms with Gasteiger partial charge in [0, 0.05) is 18.0 Å². The Kier molecular flexibility index (Phi) is 7.07. The molecule has 106 valence electrons. The van der Waals surface area contributed by atoms with Gasteiger partial charge in [0.25, 0.3) is 0 Å². The van der Waals surface area contributed by atoms with Gasteiger partial charge in [-0.3, -0.25) is 0 Å². The maximum absolute atomic E-state index is 5.41.